The molecule has 0 aliphatic heterocycles. The summed E-state index contributed by atoms with van der Waals surface area (Å²) < 4.78 is 37.9. The molecular formula is C17H20N8O5S2. The van der Waals surface area contributed by atoms with E-state index in [0.717, 1.165) is 0 Å². The van der Waals surface area contributed by atoms with E-state index in [-0.39, 0.29) is 45.5 Å². The highest BCUT2D eigenvalue weighted by atomic mass is 32.2. The van der Waals surface area contributed by atoms with Crippen LogP contribution in [0.2, 0.25) is 0 Å². The number of hydrogen-bond acceptors (Lipinski definition) is 9. The number of H-pyrrole nitrogens is 1. The normalized spacial score (nSPS) is 13.3. The van der Waals surface area contributed by atoms with Crippen LogP contribution < -0.4 is 28.0 Å². The van der Waals surface area contributed by atoms with Crippen molar-refractivity contribution in [3.05, 3.63) is 41.7 Å². The van der Waals surface area contributed by atoms with Gasteiger partial charge < -0.3 is 21.6 Å². The van der Waals surface area contributed by atoms with Crippen LogP contribution in [0, 0.1) is 0 Å². The van der Waals surface area contributed by atoms with Gasteiger partial charge in [0.25, 0.3) is 0 Å². The number of carboxylic acid groups (broad SMARTS) is 1. The van der Waals surface area contributed by atoms with E-state index in [9.17, 15) is 22.5 Å². The SMILES string of the molecule is NCCS(=O)c1ccc(-c2cccc3[nH]c(C(=O)O)nc23)c(/C(N)=N/NN)c1S(N)(=O)=O. The number of rotatable bonds is 8. The maximum Gasteiger partial charge on any atom is 0.371 e. The Morgan fingerprint density at radius 1 is 1.25 bits per heavy atom. The average molecular weight is 481 g/mol. The van der Waals surface area contributed by atoms with Crippen LogP contribution in [0.4, 0.5) is 0 Å². The van der Waals surface area contributed by atoms with E-state index < -0.39 is 31.7 Å². The van der Waals surface area contributed by atoms with Gasteiger partial charge in [-0.1, -0.05) is 18.2 Å². The first kappa shape index (κ1) is 23.3. The molecule has 0 saturated heterocycles. The minimum absolute atomic E-state index is 0.0234. The Kier molecular flexibility index (Phi) is 6.56. The molecule has 0 fully saturated rings. The smallest absolute Gasteiger partial charge is 0.371 e. The van der Waals surface area contributed by atoms with Crippen molar-refractivity contribution in [1.29, 1.82) is 0 Å². The summed E-state index contributed by atoms with van der Waals surface area (Å²) in [6.07, 6.45) is 0. The van der Waals surface area contributed by atoms with Gasteiger partial charge >= 0.3 is 5.97 Å². The number of benzene rings is 2. The second-order valence-electron chi connectivity index (χ2n) is 6.42. The molecule has 1 heterocycles. The highest BCUT2D eigenvalue weighted by Gasteiger charge is 2.28. The lowest BCUT2D eigenvalue weighted by Gasteiger charge is -2.17. The summed E-state index contributed by atoms with van der Waals surface area (Å²) in [6.45, 7) is 0.0340. The zero-order valence-electron chi connectivity index (χ0n) is 16.4. The van der Waals surface area contributed by atoms with E-state index in [2.05, 4.69) is 15.1 Å². The number of imidazole rings is 1. The lowest BCUT2D eigenvalue weighted by atomic mass is 9.97. The molecule has 0 aliphatic carbocycles. The maximum atomic E-state index is 12.7. The van der Waals surface area contributed by atoms with Gasteiger partial charge in [0.2, 0.25) is 15.8 Å². The first-order valence-corrected chi connectivity index (χ1v) is 11.8. The molecule has 0 aliphatic rings. The molecule has 13 nitrogen and oxygen atoms in total. The Morgan fingerprint density at radius 3 is 2.56 bits per heavy atom. The molecule has 170 valence electrons. The molecule has 3 rings (SSSR count). The number of hydrazone groups is 1. The number of aromatic carboxylic acids is 1. The lowest BCUT2D eigenvalue weighted by Crippen LogP contribution is -2.28. The number of sulfonamides is 1. The molecule has 1 aromatic heterocycles. The van der Waals surface area contributed by atoms with Crippen LogP contribution in [0.3, 0.4) is 0 Å². The number of nitrogens with one attached hydrogen (secondary N) is 2. The molecule has 0 bridgehead atoms. The first-order chi connectivity index (χ1) is 15.1. The number of amidine groups is 1. The zero-order valence-corrected chi connectivity index (χ0v) is 18.0. The van der Waals surface area contributed by atoms with Crippen molar-refractivity contribution in [3.63, 3.8) is 0 Å². The first-order valence-electron chi connectivity index (χ1n) is 8.90. The second kappa shape index (κ2) is 9.01. The summed E-state index contributed by atoms with van der Waals surface area (Å²) in [7, 11) is -6.28. The minimum Gasteiger partial charge on any atom is -0.475 e. The summed E-state index contributed by atoms with van der Waals surface area (Å²) in [5, 5.41) is 18.4. The summed E-state index contributed by atoms with van der Waals surface area (Å²) in [6, 6.07) is 7.59. The Bertz CT molecular complexity index is 1370. The fourth-order valence-electron chi connectivity index (χ4n) is 3.20. The van der Waals surface area contributed by atoms with E-state index in [1.54, 1.807) is 18.2 Å². The number of hydrogen-bond donors (Lipinski definition) is 7. The van der Waals surface area contributed by atoms with Crippen LogP contribution in [-0.4, -0.2) is 51.8 Å². The number of nitrogens with zero attached hydrogens (tertiary/aromatic N) is 2. The van der Waals surface area contributed by atoms with Crippen molar-refractivity contribution in [2.45, 2.75) is 9.79 Å². The van der Waals surface area contributed by atoms with Crippen LogP contribution in [0.15, 0.2) is 45.2 Å². The number of carboxylic acids is 1. The van der Waals surface area contributed by atoms with Crippen molar-refractivity contribution in [2.75, 3.05) is 12.3 Å². The largest absolute Gasteiger partial charge is 0.475 e. The lowest BCUT2D eigenvalue weighted by molar-refractivity contribution is 0.0685. The van der Waals surface area contributed by atoms with E-state index >= 15 is 0 Å². The highest BCUT2D eigenvalue weighted by Crippen LogP contribution is 2.35. The van der Waals surface area contributed by atoms with Crippen LogP contribution >= 0.6 is 0 Å². The van der Waals surface area contributed by atoms with E-state index in [1.807, 2.05) is 5.53 Å². The summed E-state index contributed by atoms with van der Waals surface area (Å²) in [4.78, 5) is 17.5. The molecule has 11 N–H and O–H groups in total. The van der Waals surface area contributed by atoms with E-state index in [1.165, 1.54) is 12.1 Å². The highest BCUT2D eigenvalue weighted by molar-refractivity contribution is 7.91. The standard InChI is InChI=1S/C17H20N8O5S2/c18-6-7-31(28)11-5-4-8(12(15(19)24-25-20)14(11)32(21,29)30)9-2-1-3-10-13(9)23-16(22-10)17(26)27/h1-5,25H,6-7,18,20H2,(H2,19,24)(H,22,23)(H,26,27)(H2,21,29,30). The molecule has 1 atom stereocenters. The predicted octanol–water partition coefficient (Wildman–Crippen LogP) is -1.27. The molecule has 0 radical (unpaired) electrons. The van der Waals surface area contributed by atoms with Crippen LogP contribution in [0.1, 0.15) is 16.2 Å². The Balaban J connectivity index is 2.47. The monoisotopic (exact) mass is 480 g/mol. The Labute approximate surface area is 184 Å². The molecule has 0 spiro atoms. The molecule has 32 heavy (non-hydrogen) atoms. The van der Waals surface area contributed by atoms with Gasteiger partial charge in [-0.3, -0.25) is 4.21 Å². The number of aromatic nitrogens is 2. The third kappa shape index (κ3) is 4.32. The fourth-order valence-corrected chi connectivity index (χ4v) is 5.63. The zero-order chi connectivity index (χ0) is 23.6. The molecular weight excluding hydrogens is 460 g/mol. The van der Waals surface area contributed by atoms with Crippen molar-refractivity contribution in [2.24, 2.45) is 27.6 Å². The predicted molar refractivity (Wildman–Crippen MR) is 118 cm³/mol. The van der Waals surface area contributed by atoms with Gasteiger partial charge in [-0.25, -0.2) is 34.7 Å². The maximum absolute atomic E-state index is 12.7. The van der Waals surface area contributed by atoms with Gasteiger partial charge in [0.1, 0.15) is 4.90 Å². The van der Waals surface area contributed by atoms with Crippen LogP contribution in [-0.2, 0) is 20.8 Å². The van der Waals surface area contributed by atoms with Crippen LogP contribution in [0.25, 0.3) is 22.2 Å². The second-order valence-corrected chi connectivity index (χ2v) is 9.45. The molecule has 0 amide bonds. The summed E-state index contributed by atoms with van der Waals surface area (Å²) in [5.41, 5.74) is 14.5. The van der Waals surface area contributed by atoms with Gasteiger partial charge in [0.05, 0.1) is 26.7 Å². The van der Waals surface area contributed by atoms with Gasteiger partial charge in [-0.2, -0.15) is 0 Å². The topological polar surface area (TPSA) is 246 Å². The third-order valence-corrected chi connectivity index (χ3v) is 6.96. The number of para-hydroxylation sites is 1. The van der Waals surface area contributed by atoms with Crippen molar-refractivity contribution in [3.8, 4) is 11.1 Å². The number of nitrogens with two attached hydrogens (primary N) is 4. The van der Waals surface area contributed by atoms with E-state index in [0.29, 0.717) is 11.1 Å². The average Bonchev–Trinajstić information content (AvgIpc) is 3.17. The van der Waals surface area contributed by atoms with Gasteiger partial charge in [-0.05, 0) is 17.7 Å². The van der Waals surface area contributed by atoms with Gasteiger partial charge in [-0.15, -0.1) is 5.10 Å². The number of aromatic amines is 1. The van der Waals surface area contributed by atoms with Crippen molar-refractivity contribution >= 4 is 43.7 Å². The number of hydrazine groups is 1. The molecule has 15 heteroatoms. The minimum atomic E-state index is -4.47. The number of primary sulfonamides is 1. The molecule has 2 aromatic carbocycles. The van der Waals surface area contributed by atoms with Crippen LogP contribution in [0.5, 0.6) is 0 Å². The molecule has 3 aromatic rings. The molecule has 0 saturated carbocycles. The quantitative estimate of drug-likeness (QED) is 0.0871. The third-order valence-electron chi connectivity index (χ3n) is 4.40. The Morgan fingerprint density at radius 2 is 1.97 bits per heavy atom. The van der Waals surface area contributed by atoms with Gasteiger partial charge in [0, 0.05) is 23.4 Å². The molecule has 1 unspecified atom stereocenters. The van der Waals surface area contributed by atoms with E-state index in [4.69, 9.17) is 22.4 Å². The number of fused-ring (bicyclic) bond motifs is 1. The van der Waals surface area contributed by atoms with Crippen molar-refractivity contribution < 1.29 is 22.5 Å². The summed E-state index contributed by atoms with van der Waals surface area (Å²) >= 11 is 0. The Hall–Kier alpha value is -3.37. The summed E-state index contributed by atoms with van der Waals surface area (Å²) in [5.74, 6) is 3.26. The fraction of sp³-hybridized carbons (Fsp3) is 0.118. The number of carbonyl (C=O) groups is 1. The van der Waals surface area contributed by atoms with Crippen molar-refractivity contribution in [1.82, 2.24) is 15.5 Å². The van der Waals surface area contributed by atoms with Gasteiger partial charge in [0.15, 0.2) is 5.84 Å².